The number of carbonyl (C=O) groups excluding carboxylic acids is 4. The van der Waals surface area contributed by atoms with Gasteiger partial charge in [-0.15, -0.1) is 0 Å². The van der Waals surface area contributed by atoms with Gasteiger partial charge in [0.15, 0.2) is 0 Å². The van der Waals surface area contributed by atoms with Crippen molar-refractivity contribution in [2.45, 2.75) is 90.6 Å². The van der Waals surface area contributed by atoms with Crippen molar-refractivity contribution in [3.63, 3.8) is 0 Å². The summed E-state index contributed by atoms with van der Waals surface area (Å²) < 4.78 is 9.66. The van der Waals surface area contributed by atoms with Crippen molar-refractivity contribution < 1.29 is 28.7 Å². The van der Waals surface area contributed by atoms with Crippen molar-refractivity contribution in [1.82, 2.24) is 40.4 Å². The molecule has 2 aromatic heterocycles. The largest absolute Gasteiger partial charge is 0.453 e. The molecule has 4 amide bonds. The van der Waals surface area contributed by atoms with E-state index in [0.717, 1.165) is 68.9 Å². The van der Waals surface area contributed by atoms with E-state index in [0.29, 0.717) is 23.7 Å². The molecule has 2 aliphatic heterocycles. The lowest BCUT2D eigenvalue weighted by Crippen LogP contribution is -2.52. The van der Waals surface area contributed by atoms with E-state index in [-0.39, 0.29) is 47.8 Å². The molecule has 0 radical (unpaired) electrons. The third-order valence-corrected chi connectivity index (χ3v) is 14.1. The number of methoxy groups -OCH3 is 2. The van der Waals surface area contributed by atoms with Crippen LogP contribution in [0.2, 0.25) is 0 Å². The smallest absolute Gasteiger partial charge is 0.407 e. The maximum Gasteiger partial charge on any atom is 0.407 e. The monoisotopic (exact) mass is 840 g/mol. The number of nitrogens with one attached hydrogen (secondary N) is 4. The van der Waals surface area contributed by atoms with Gasteiger partial charge >= 0.3 is 12.2 Å². The molecule has 14 heteroatoms. The highest BCUT2D eigenvalue weighted by atomic mass is 16.5. The van der Waals surface area contributed by atoms with Gasteiger partial charge in [0.25, 0.3) is 0 Å². The lowest BCUT2D eigenvalue weighted by molar-refractivity contribution is -0.137. The van der Waals surface area contributed by atoms with E-state index in [9.17, 15) is 19.2 Å². The number of alkyl carbamates (subject to hydrolysis) is 2. The first-order valence-electron chi connectivity index (χ1n) is 21.9. The molecule has 0 spiro atoms. The summed E-state index contributed by atoms with van der Waals surface area (Å²) in [7, 11) is 2.61. The number of hydrogen-bond donors (Lipinski definition) is 4. The number of carbonyl (C=O) groups is 4. The lowest BCUT2D eigenvalue weighted by atomic mass is 9.98. The Morgan fingerprint density at radius 1 is 0.613 bits per heavy atom. The van der Waals surface area contributed by atoms with Gasteiger partial charge in [-0.3, -0.25) is 9.59 Å². The molecule has 5 aromatic rings. The number of nitrogens with zero attached hydrogens (tertiary/aromatic N) is 4. The number of piperidine rings is 2. The summed E-state index contributed by atoms with van der Waals surface area (Å²) in [6.07, 6.45) is 4.12. The van der Waals surface area contributed by atoms with Crippen LogP contribution in [-0.2, 0) is 19.1 Å². The van der Waals surface area contributed by atoms with Crippen LogP contribution in [0.4, 0.5) is 9.59 Å². The van der Waals surface area contributed by atoms with E-state index in [2.05, 4.69) is 95.1 Å². The highest BCUT2D eigenvalue weighted by Crippen LogP contribution is 2.58. The number of ether oxygens (including phenoxy) is 2. The highest BCUT2D eigenvalue weighted by molar-refractivity contribution is 5.91. The number of hydrogen-bond acceptors (Lipinski definition) is 8. The number of H-pyrrole nitrogens is 2. The van der Waals surface area contributed by atoms with Crippen molar-refractivity contribution in [3.05, 3.63) is 84.7 Å². The average molecular weight is 841 g/mol. The molecule has 14 nitrogen and oxygen atoms in total. The van der Waals surface area contributed by atoms with Crippen molar-refractivity contribution in [2.75, 3.05) is 14.2 Å². The number of aromatic amines is 2. The van der Waals surface area contributed by atoms with Gasteiger partial charge in [-0.05, 0) is 87.9 Å². The maximum absolute atomic E-state index is 14.0. The number of fused-ring (bicyclic) bond motifs is 3. The quantitative estimate of drug-likeness (QED) is 0.104. The summed E-state index contributed by atoms with van der Waals surface area (Å²) in [5.74, 6) is 2.75. The van der Waals surface area contributed by atoms with E-state index in [1.165, 1.54) is 14.2 Å². The van der Waals surface area contributed by atoms with Crippen LogP contribution in [0.5, 0.6) is 0 Å². The molecule has 2 saturated carbocycles. The SMILES string of the molecule is COC(=O)N[C@H](C(=O)N1C2C(C)C2C[C@H]1c1ncc(-c2ccc3cc(-c4ccc(-c5cnc([C@@H]6CC7C([C@@H]7C)N6C(=O)[C@@H](NC(=O)OC)C(C)C)[nH]5)cc4)ccc3c2)[nH]1)C(C)C. The first-order chi connectivity index (χ1) is 29.8. The minimum absolute atomic E-state index is 0.101. The Bertz CT molecular complexity index is 2530. The number of rotatable bonds is 11. The Morgan fingerprint density at radius 2 is 1.02 bits per heavy atom. The average Bonchev–Trinajstić information content (AvgIpc) is 3.75. The van der Waals surface area contributed by atoms with Crippen LogP contribution in [0, 0.1) is 35.5 Å². The molecular weight excluding hydrogens is 785 g/mol. The fraction of sp³-hybridized carbons (Fsp3) is 0.458. The zero-order valence-electron chi connectivity index (χ0n) is 36.5. The standard InChI is InChI=1S/C48H56N8O6/c1-23(2)39(53-47(59)61-7)45(57)55-37(19-33-25(5)41(33)55)43-49-21-35(51-43)28-11-9-27(10-12-28)29-13-14-31-18-32(16-15-30(31)17-29)36-22-50-44(52-36)38-20-34-26(6)42(34)56(38)46(58)40(24(3)4)54-48(60)62-8/h9-18,21-26,33-34,37-42H,19-20H2,1-8H3,(H,49,51)(H,50,52)(H,53,59)(H,54,60)/t25-,26?,33?,34?,37+,38+,39+,40+,41?,42?/m1/s1. The second-order valence-corrected chi connectivity index (χ2v) is 18.5. The second-order valence-electron chi connectivity index (χ2n) is 18.5. The number of aromatic nitrogens is 4. The van der Waals surface area contributed by atoms with E-state index in [4.69, 9.17) is 19.4 Å². The highest BCUT2D eigenvalue weighted by Gasteiger charge is 2.62. The Kier molecular flexibility index (Phi) is 10.6. The van der Waals surface area contributed by atoms with Crippen LogP contribution < -0.4 is 10.6 Å². The van der Waals surface area contributed by atoms with Gasteiger partial charge in [0.05, 0.1) is 50.1 Å². The molecule has 4 heterocycles. The first kappa shape index (κ1) is 41.2. The zero-order chi connectivity index (χ0) is 43.7. The minimum atomic E-state index is -0.690. The van der Waals surface area contributed by atoms with Crippen LogP contribution in [0.3, 0.4) is 0 Å². The van der Waals surface area contributed by atoms with Gasteiger partial charge < -0.3 is 39.9 Å². The number of imidazole rings is 2. The summed E-state index contributed by atoms with van der Waals surface area (Å²) in [6.45, 7) is 12.1. The fourth-order valence-corrected chi connectivity index (χ4v) is 10.4. The van der Waals surface area contributed by atoms with E-state index < -0.39 is 24.3 Å². The number of amides is 4. The molecule has 2 saturated heterocycles. The lowest BCUT2D eigenvalue weighted by Gasteiger charge is -2.32. The summed E-state index contributed by atoms with van der Waals surface area (Å²) in [4.78, 5) is 72.7. The fourth-order valence-electron chi connectivity index (χ4n) is 10.4. The normalized spacial score (nSPS) is 25.6. The second kappa shape index (κ2) is 15.9. The van der Waals surface area contributed by atoms with Crippen LogP contribution in [0.1, 0.15) is 78.1 Å². The summed E-state index contributed by atoms with van der Waals surface area (Å²) >= 11 is 0. The molecule has 0 bridgehead atoms. The van der Waals surface area contributed by atoms with Gasteiger partial charge in [0.2, 0.25) is 11.8 Å². The topological polar surface area (TPSA) is 175 Å². The molecular formula is C48H56N8O6. The Hall–Kier alpha value is -6.18. The number of benzene rings is 3. The molecule has 4 aliphatic rings. The van der Waals surface area contributed by atoms with Crippen molar-refractivity contribution in [1.29, 1.82) is 0 Å². The van der Waals surface area contributed by atoms with Crippen molar-refractivity contribution >= 4 is 34.8 Å². The Morgan fingerprint density at radius 3 is 1.47 bits per heavy atom. The van der Waals surface area contributed by atoms with Crippen LogP contribution >= 0.6 is 0 Å². The summed E-state index contributed by atoms with van der Waals surface area (Å²) in [5.41, 5.74) is 5.94. The predicted octanol–water partition coefficient (Wildman–Crippen LogP) is 7.86. The Balaban J connectivity index is 0.888. The summed E-state index contributed by atoms with van der Waals surface area (Å²) in [5, 5.41) is 7.72. The van der Waals surface area contributed by atoms with Gasteiger partial charge in [-0.1, -0.05) is 90.1 Å². The van der Waals surface area contributed by atoms with Gasteiger partial charge in [0, 0.05) is 17.6 Å². The van der Waals surface area contributed by atoms with Crippen LogP contribution in [-0.4, -0.2) is 92.1 Å². The van der Waals surface area contributed by atoms with Crippen molar-refractivity contribution in [3.8, 4) is 33.6 Å². The predicted molar refractivity (Wildman–Crippen MR) is 234 cm³/mol. The Labute approximate surface area is 361 Å². The molecule has 324 valence electrons. The van der Waals surface area contributed by atoms with Gasteiger partial charge in [-0.25, -0.2) is 19.6 Å². The van der Waals surface area contributed by atoms with E-state index in [1.54, 1.807) is 0 Å². The summed E-state index contributed by atoms with van der Waals surface area (Å²) in [6, 6.07) is 19.7. The van der Waals surface area contributed by atoms with E-state index >= 15 is 0 Å². The van der Waals surface area contributed by atoms with Crippen molar-refractivity contribution in [2.24, 2.45) is 35.5 Å². The third-order valence-electron chi connectivity index (χ3n) is 14.1. The minimum Gasteiger partial charge on any atom is -0.453 e. The molecule has 4 fully saturated rings. The van der Waals surface area contributed by atoms with E-state index in [1.807, 2.05) is 49.9 Å². The molecule has 2 aliphatic carbocycles. The molecule has 62 heavy (non-hydrogen) atoms. The zero-order valence-corrected chi connectivity index (χ0v) is 36.5. The van der Waals surface area contributed by atoms with Gasteiger partial charge in [0.1, 0.15) is 23.7 Å². The molecule has 10 atom stereocenters. The van der Waals surface area contributed by atoms with Crippen LogP contribution in [0.15, 0.2) is 73.1 Å². The van der Waals surface area contributed by atoms with Crippen LogP contribution in [0.25, 0.3) is 44.4 Å². The molecule has 9 rings (SSSR count). The number of likely N-dealkylation sites (tertiary alicyclic amines) is 2. The molecule has 4 N–H and O–H groups in total. The molecule has 3 aromatic carbocycles. The third kappa shape index (κ3) is 7.26. The first-order valence-corrected chi connectivity index (χ1v) is 21.9. The maximum atomic E-state index is 14.0. The molecule has 5 unspecified atom stereocenters. The van der Waals surface area contributed by atoms with Gasteiger partial charge in [-0.2, -0.15) is 0 Å².